The minimum atomic E-state index is -1.25. The molecular weight excluding hydrogens is 251 g/mol. The van der Waals surface area contributed by atoms with Crippen LogP contribution in [0.15, 0.2) is 18.2 Å². The molecule has 1 unspecified atom stereocenters. The summed E-state index contributed by atoms with van der Waals surface area (Å²) in [5.41, 5.74) is 5.78. The van der Waals surface area contributed by atoms with Crippen LogP contribution in [0.3, 0.4) is 0 Å². The van der Waals surface area contributed by atoms with Crippen LogP contribution in [-0.2, 0) is 4.79 Å². The fourth-order valence-corrected chi connectivity index (χ4v) is 2.31. The van der Waals surface area contributed by atoms with Gasteiger partial charge in [0, 0.05) is 13.1 Å². The number of fused-ring (bicyclic) bond motifs is 1. The number of hydrogen-bond acceptors (Lipinski definition) is 4. The Kier molecular flexibility index (Phi) is 2.46. The van der Waals surface area contributed by atoms with Gasteiger partial charge in [-0.2, -0.15) is 0 Å². The lowest BCUT2D eigenvalue weighted by Gasteiger charge is -2.19. The molecule has 0 radical (unpaired) electrons. The number of rotatable bonds is 2. The molecule has 6 nitrogen and oxygen atoms in total. The highest BCUT2D eigenvalue weighted by Crippen LogP contribution is 2.25. The van der Waals surface area contributed by atoms with Crippen molar-refractivity contribution in [3.8, 4) is 0 Å². The van der Waals surface area contributed by atoms with Crippen LogP contribution >= 0.6 is 0 Å². The van der Waals surface area contributed by atoms with Gasteiger partial charge < -0.3 is 20.7 Å². The van der Waals surface area contributed by atoms with Gasteiger partial charge in [-0.05, 0) is 24.6 Å². The number of nitrogens with zero attached hydrogens (tertiary/aromatic N) is 2. The highest BCUT2D eigenvalue weighted by molar-refractivity contribution is 5.81. The van der Waals surface area contributed by atoms with E-state index in [2.05, 4.69) is 9.97 Å². The minimum absolute atomic E-state index is 0.185. The quantitative estimate of drug-likeness (QED) is 0.742. The molecule has 2 heterocycles. The van der Waals surface area contributed by atoms with Crippen molar-refractivity contribution in [2.45, 2.75) is 12.0 Å². The maximum Gasteiger partial charge on any atom is 0.325 e. The number of imidazole rings is 1. The van der Waals surface area contributed by atoms with Gasteiger partial charge in [0.15, 0.2) is 0 Å². The summed E-state index contributed by atoms with van der Waals surface area (Å²) < 4.78 is 13.1. The molecule has 3 rings (SSSR count). The Balaban J connectivity index is 1.92. The maximum atomic E-state index is 13.1. The molecule has 1 aromatic carbocycles. The van der Waals surface area contributed by atoms with Crippen LogP contribution in [-0.4, -0.2) is 39.7 Å². The number of benzene rings is 1. The number of hydrogen-bond donors (Lipinski definition) is 3. The molecule has 7 heteroatoms. The van der Waals surface area contributed by atoms with E-state index in [-0.39, 0.29) is 12.4 Å². The highest BCUT2D eigenvalue weighted by atomic mass is 19.1. The van der Waals surface area contributed by atoms with E-state index in [1.807, 2.05) is 0 Å². The summed E-state index contributed by atoms with van der Waals surface area (Å²) in [5, 5.41) is 9.08. The van der Waals surface area contributed by atoms with E-state index in [0.717, 1.165) is 0 Å². The molecule has 4 N–H and O–H groups in total. The van der Waals surface area contributed by atoms with Crippen molar-refractivity contribution in [2.24, 2.45) is 5.73 Å². The number of carbonyl (C=O) groups is 1. The maximum absolute atomic E-state index is 13.1. The van der Waals surface area contributed by atoms with Gasteiger partial charge in [-0.1, -0.05) is 0 Å². The number of aromatic nitrogens is 2. The first-order chi connectivity index (χ1) is 8.98. The number of aliphatic carboxylic acids is 1. The summed E-state index contributed by atoms with van der Waals surface area (Å²) in [6.07, 6.45) is 0.355. The summed E-state index contributed by atoms with van der Waals surface area (Å²) in [4.78, 5) is 20.2. The van der Waals surface area contributed by atoms with Gasteiger partial charge in [0.05, 0.1) is 11.0 Å². The van der Waals surface area contributed by atoms with Gasteiger partial charge in [0.1, 0.15) is 11.4 Å². The third-order valence-corrected chi connectivity index (χ3v) is 3.46. The Labute approximate surface area is 108 Å². The van der Waals surface area contributed by atoms with Gasteiger partial charge in [0.25, 0.3) is 0 Å². The second-order valence-corrected chi connectivity index (χ2v) is 4.85. The SMILES string of the molecule is NC1(C(=O)O)CCN(c2nc3ccc(F)cc3[nH]2)C1. The van der Waals surface area contributed by atoms with Crippen molar-refractivity contribution in [3.63, 3.8) is 0 Å². The monoisotopic (exact) mass is 264 g/mol. The van der Waals surface area contributed by atoms with Gasteiger partial charge in [-0.15, -0.1) is 0 Å². The van der Waals surface area contributed by atoms with E-state index >= 15 is 0 Å². The Bertz CT molecular complexity index is 656. The van der Waals surface area contributed by atoms with Crippen molar-refractivity contribution in [3.05, 3.63) is 24.0 Å². The molecule has 1 aliphatic rings. The third-order valence-electron chi connectivity index (χ3n) is 3.46. The minimum Gasteiger partial charge on any atom is -0.480 e. The lowest BCUT2D eigenvalue weighted by molar-refractivity contribution is -0.142. The Hall–Kier alpha value is -2.15. The molecule has 1 aliphatic heterocycles. The molecular formula is C12H13FN4O2. The normalized spacial score (nSPS) is 23.2. The van der Waals surface area contributed by atoms with Crippen LogP contribution in [0, 0.1) is 5.82 Å². The molecule has 1 atom stereocenters. The summed E-state index contributed by atoms with van der Waals surface area (Å²) in [6.45, 7) is 0.690. The van der Waals surface area contributed by atoms with Gasteiger partial charge in [-0.3, -0.25) is 4.79 Å². The molecule has 2 aromatic rings. The molecule has 0 aliphatic carbocycles. The van der Waals surface area contributed by atoms with Crippen LogP contribution in [0.2, 0.25) is 0 Å². The number of aromatic amines is 1. The van der Waals surface area contributed by atoms with Crippen LogP contribution < -0.4 is 10.6 Å². The van der Waals surface area contributed by atoms with E-state index in [1.54, 1.807) is 11.0 Å². The second-order valence-electron chi connectivity index (χ2n) is 4.85. The fourth-order valence-electron chi connectivity index (χ4n) is 2.31. The largest absolute Gasteiger partial charge is 0.480 e. The number of carboxylic acids is 1. The van der Waals surface area contributed by atoms with Crippen molar-refractivity contribution in [2.75, 3.05) is 18.0 Å². The zero-order chi connectivity index (χ0) is 13.6. The molecule has 19 heavy (non-hydrogen) atoms. The standard InChI is InChI=1S/C12H13FN4O2/c13-7-1-2-8-9(5-7)16-11(15-8)17-4-3-12(14,6-17)10(18)19/h1-2,5H,3-4,6,14H2,(H,15,16)(H,18,19). The number of halogens is 1. The summed E-state index contributed by atoms with van der Waals surface area (Å²) in [7, 11) is 0. The van der Waals surface area contributed by atoms with E-state index < -0.39 is 11.5 Å². The zero-order valence-electron chi connectivity index (χ0n) is 10.1. The van der Waals surface area contributed by atoms with Gasteiger partial charge >= 0.3 is 5.97 Å². The van der Waals surface area contributed by atoms with Crippen LogP contribution in [0.4, 0.5) is 10.3 Å². The van der Waals surface area contributed by atoms with E-state index in [4.69, 9.17) is 10.8 Å². The predicted molar refractivity (Wildman–Crippen MR) is 67.4 cm³/mol. The molecule has 1 aromatic heterocycles. The Morgan fingerprint density at radius 3 is 3.05 bits per heavy atom. The number of nitrogens with two attached hydrogens (primary N) is 1. The molecule has 1 fully saturated rings. The first-order valence-corrected chi connectivity index (χ1v) is 5.90. The van der Waals surface area contributed by atoms with E-state index in [0.29, 0.717) is 29.9 Å². The average molecular weight is 264 g/mol. The topological polar surface area (TPSA) is 95.2 Å². The number of H-pyrrole nitrogens is 1. The Morgan fingerprint density at radius 2 is 2.37 bits per heavy atom. The average Bonchev–Trinajstić information content (AvgIpc) is 2.93. The van der Waals surface area contributed by atoms with Crippen LogP contribution in [0.1, 0.15) is 6.42 Å². The fraction of sp³-hybridized carbons (Fsp3) is 0.333. The lowest BCUT2D eigenvalue weighted by atomic mass is 10.0. The summed E-state index contributed by atoms with van der Waals surface area (Å²) in [5.74, 6) is -0.839. The zero-order valence-corrected chi connectivity index (χ0v) is 10.1. The van der Waals surface area contributed by atoms with Crippen molar-refractivity contribution in [1.29, 1.82) is 0 Å². The van der Waals surface area contributed by atoms with Gasteiger partial charge in [-0.25, -0.2) is 9.37 Å². The lowest BCUT2D eigenvalue weighted by Crippen LogP contribution is -2.50. The molecule has 100 valence electrons. The number of carboxylic acid groups (broad SMARTS) is 1. The van der Waals surface area contributed by atoms with Crippen LogP contribution in [0.5, 0.6) is 0 Å². The van der Waals surface area contributed by atoms with E-state index in [1.165, 1.54) is 12.1 Å². The smallest absolute Gasteiger partial charge is 0.325 e. The number of anilines is 1. The molecule has 0 amide bonds. The molecule has 0 bridgehead atoms. The summed E-state index contributed by atoms with van der Waals surface area (Å²) in [6, 6.07) is 4.27. The second kappa shape index (κ2) is 3.92. The van der Waals surface area contributed by atoms with Crippen molar-refractivity contribution in [1.82, 2.24) is 9.97 Å². The Morgan fingerprint density at radius 1 is 1.58 bits per heavy atom. The number of nitrogens with one attached hydrogen (secondary N) is 1. The first kappa shape index (κ1) is 11.9. The van der Waals surface area contributed by atoms with Crippen molar-refractivity contribution < 1.29 is 14.3 Å². The van der Waals surface area contributed by atoms with E-state index in [9.17, 15) is 9.18 Å². The molecule has 0 saturated carbocycles. The third kappa shape index (κ3) is 1.91. The highest BCUT2D eigenvalue weighted by Gasteiger charge is 2.42. The predicted octanol–water partition coefficient (Wildman–Crippen LogP) is 0.694. The van der Waals surface area contributed by atoms with Crippen LogP contribution in [0.25, 0.3) is 11.0 Å². The first-order valence-electron chi connectivity index (χ1n) is 5.90. The molecule has 0 spiro atoms. The summed E-state index contributed by atoms with van der Waals surface area (Å²) >= 11 is 0. The molecule has 1 saturated heterocycles. The van der Waals surface area contributed by atoms with Crippen molar-refractivity contribution >= 4 is 23.0 Å². The van der Waals surface area contributed by atoms with Gasteiger partial charge in [0.2, 0.25) is 5.95 Å².